The number of benzene rings is 1. The van der Waals surface area contributed by atoms with E-state index in [9.17, 15) is 9.90 Å². The molecule has 1 fully saturated rings. The number of hydrogen-bond donors (Lipinski definition) is 2. The zero-order chi connectivity index (χ0) is 25.7. The predicted molar refractivity (Wildman–Crippen MR) is 139 cm³/mol. The van der Waals surface area contributed by atoms with Crippen LogP contribution in [0.25, 0.3) is 5.69 Å². The summed E-state index contributed by atoms with van der Waals surface area (Å²) in [4.78, 5) is 17.5. The molecule has 1 aromatic carbocycles. The van der Waals surface area contributed by atoms with Gasteiger partial charge in [0.15, 0.2) is 0 Å². The topological polar surface area (TPSA) is 98.5 Å². The lowest BCUT2D eigenvalue weighted by molar-refractivity contribution is -0.0163. The number of rotatable bonds is 8. The fraction of sp³-hybridized carbons (Fsp3) is 0.464. The highest BCUT2D eigenvalue weighted by Crippen LogP contribution is 2.32. The molecule has 1 amide bonds. The molecule has 4 rings (SSSR count). The number of carbonyl (C=O) groups is 1. The summed E-state index contributed by atoms with van der Waals surface area (Å²) < 4.78 is 13.2. The van der Waals surface area contributed by atoms with Crippen LogP contribution in [0, 0.1) is 6.92 Å². The molecule has 0 bridgehead atoms. The minimum Gasteiger partial charge on any atom is -0.491 e. The molecule has 2 heterocycles. The van der Waals surface area contributed by atoms with Crippen molar-refractivity contribution in [3.63, 3.8) is 0 Å². The number of amides is 1. The van der Waals surface area contributed by atoms with Gasteiger partial charge >= 0.3 is 0 Å². The van der Waals surface area contributed by atoms with E-state index in [-0.39, 0.29) is 17.6 Å². The van der Waals surface area contributed by atoms with Crippen molar-refractivity contribution in [2.45, 2.75) is 71.0 Å². The van der Waals surface area contributed by atoms with Gasteiger partial charge in [0.1, 0.15) is 12.4 Å². The molecule has 0 atom stereocenters. The summed E-state index contributed by atoms with van der Waals surface area (Å²) in [5.74, 6) is 0.888. The molecule has 2 N–H and O–H groups in total. The van der Waals surface area contributed by atoms with Crippen molar-refractivity contribution in [1.29, 1.82) is 0 Å². The van der Waals surface area contributed by atoms with Crippen molar-refractivity contribution < 1.29 is 19.4 Å². The number of aliphatic hydroxyl groups is 1. The van der Waals surface area contributed by atoms with Gasteiger partial charge in [0, 0.05) is 11.6 Å². The Kier molecular flexibility index (Phi) is 8.06. The Morgan fingerprint density at radius 2 is 1.78 bits per heavy atom. The molecule has 0 spiro atoms. The third-order valence-electron chi connectivity index (χ3n) is 6.38. The van der Waals surface area contributed by atoms with Crippen LogP contribution in [0.2, 0.25) is 0 Å². The second-order valence-electron chi connectivity index (χ2n) is 10.3. The zero-order valence-corrected chi connectivity index (χ0v) is 21.5. The van der Waals surface area contributed by atoms with Crippen LogP contribution < -0.4 is 10.1 Å². The van der Waals surface area contributed by atoms with Gasteiger partial charge in [-0.15, -0.1) is 0 Å². The Hall–Kier alpha value is -3.23. The second-order valence-corrected chi connectivity index (χ2v) is 10.3. The lowest BCUT2D eigenvalue weighted by Gasteiger charge is -2.24. The molecule has 2 aromatic heterocycles. The first-order chi connectivity index (χ1) is 17.2. The summed E-state index contributed by atoms with van der Waals surface area (Å²) in [5.41, 5.74) is 3.55. The smallest absolute Gasteiger partial charge is 0.259 e. The SMILES string of the molecule is Cc1c(C(=O)Nc2ccc([C@H]3CC[C@H](O)CC3)nc2)cnn1-c1ccc(OCCOC(C)(C)C)cc1. The first kappa shape index (κ1) is 25.9. The molecule has 0 aliphatic heterocycles. The third kappa shape index (κ3) is 6.71. The third-order valence-corrected chi connectivity index (χ3v) is 6.38. The molecule has 1 aliphatic carbocycles. The number of aliphatic hydroxyl groups excluding tert-OH is 1. The molecule has 1 aliphatic rings. The van der Waals surface area contributed by atoms with E-state index < -0.39 is 0 Å². The van der Waals surface area contributed by atoms with Gasteiger partial charge in [0.2, 0.25) is 0 Å². The summed E-state index contributed by atoms with van der Waals surface area (Å²) in [6.45, 7) is 8.91. The van der Waals surface area contributed by atoms with Crippen molar-refractivity contribution >= 4 is 11.6 Å². The molecule has 36 heavy (non-hydrogen) atoms. The van der Waals surface area contributed by atoms with E-state index in [0.717, 1.165) is 48.5 Å². The standard InChI is InChI=1S/C28H36N4O4/c1-19-25(27(34)31-21-7-14-26(29-17-21)20-5-10-23(33)11-6-20)18-30-32(19)22-8-12-24(13-9-22)35-15-16-36-28(2,3)4/h7-9,12-14,17-18,20,23,33H,5-6,10-11,15-16H2,1-4H3,(H,31,34)/t20-,23-. The van der Waals surface area contributed by atoms with Crippen LogP contribution in [0.4, 0.5) is 5.69 Å². The van der Waals surface area contributed by atoms with Gasteiger partial charge in [-0.2, -0.15) is 5.10 Å². The molecule has 3 aromatic rings. The molecule has 0 unspecified atom stereocenters. The maximum atomic E-state index is 12.9. The van der Waals surface area contributed by atoms with Crippen LogP contribution >= 0.6 is 0 Å². The van der Waals surface area contributed by atoms with Gasteiger partial charge in [-0.1, -0.05) is 0 Å². The average Bonchev–Trinajstić information content (AvgIpc) is 3.24. The maximum absolute atomic E-state index is 12.9. The first-order valence-electron chi connectivity index (χ1n) is 12.6. The number of pyridine rings is 1. The van der Waals surface area contributed by atoms with Crippen molar-refractivity contribution in [2.24, 2.45) is 0 Å². The van der Waals surface area contributed by atoms with E-state index in [2.05, 4.69) is 15.4 Å². The lowest BCUT2D eigenvalue weighted by atomic mass is 9.85. The van der Waals surface area contributed by atoms with Crippen LogP contribution in [-0.4, -0.2) is 50.7 Å². The Balaban J connectivity index is 1.34. The Morgan fingerprint density at radius 1 is 1.06 bits per heavy atom. The molecule has 0 radical (unpaired) electrons. The number of aromatic nitrogens is 3. The maximum Gasteiger partial charge on any atom is 0.259 e. The normalized spacial score (nSPS) is 18.1. The largest absolute Gasteiger partial charge is 0.491 e. The molecule has 1 saturated carbocycles. The lowest BCUT2D eigenvalue weighted by Crippen LogP contribution is -2.22. The molecule has 192 valence electrons. The van der Waals surface area contributed by atoms with Crippen LogP contribution in [0.3, 0.4) is 0 Å². The summed E-state index contributed by atoms with van der Waals surface area (Å²) >= 11 is 0. The summed E-state index contributed by atoms with van der Waals surface area (Å²) in [7, 11) is 0. The summed E-state index contributed by atoms with van der Waals surface area (Å²) in [6.07, 6.45) is 6.60. The quantitative estimate of drug-likeness (QED) is 0.428. The van der Waals surface area contributed by atoms with E-state index >= 15 is 0 Å². The van der Waals surface area contributed by atoms with E-state index in [4.69, 9.17) is 9.47 Å². The Morgan fingerprint density at radius 3 is 2.42 bits per heavy atom. The first-order valence-corrected chi connectivity index (χ1v) is 12.6. The number of carbonyl (C=O) groups excluding carboxylic acids is 1. The number of ether oxygens (including phenoxy) is 2. The molecule has 8 heteroatoms. The van der Waals surface area contributed by atoms with Crippen molar-refractivity contribution in [3.05, 3.63) is 65.7 Å². The molecule has 8 nitrogen and oxygen atoms in total. The average molecular weight is 493 g/mol. The van der Waals surface area contributed by atoms with Gasteiger partial charge < -0.3 is 19.9 Å². The highest BCUT2D eigenvalue weighted by atomic mass is 16.5. The fourth-order valence-corrected chi connectivity index (χ4v) is 4.37. The van der Waals surface area contributed by atoms with Crippen LogP contribution in [0.15, 0.2) is 48.8 Å². The van der Waals surface area contributed by atoms with Crippen LogP contribution in [-0.2, 0) is 4.74 Å². The van der Waals surface area contributed by atoms with Gasteiger partial charge in [-0.25, -0.2) is 4.68 Å². The Bertz CT molecular complexity index is 1140. The second kappa shape index (κ2) is 11.2. The zero-order valence-electron chi connectivity index (χ0n) is 21.5. The highest BCUT2D eigenvalue weighted by Gasteiger charge is 2.22. The minimum atomic E-state index is -0.229. The van der Waals surface area contributed by atoms with Crippen molar-refractivity contribution in [1.82, 2.24) is 14.8 Å². The van der Waals surface area contributed by atoms with Gasteiger partial charge in [-0.05, 0) is 89.8 Å². The van der Waals surface area contributed by atoms with Crippen LogP contribution in [0.5, 0.6) is 5.75 Å². The van der Waals surface area contributed by atoms with E-state index in [1.165, 1.54) is 0 Å². The molecular formula is C28H36N4O4. The number of nitrogens with zero attached hydrogens (tertiary/aromatic N) is 3. The van der Waals surface area contributed by atoms with Crippen molar-refractivity contribution in [3.8, 4) is 11.4 Å². The van der Waals surface area contributed by atoms with Gasteiger partial charge in [-0.3, -0.25) is 9.78 Å². The van der Waals surface area contributed by atoms with Gasteiger partial charge in [0.25, 0.3) is 5.91 Å². The molecular weight excluding hydrogens is 456 g/mol. The summed E-state index contributed by atoms with van der Waals surface area (Å²) in [6, 6.07) is 11.4. The molecule has 0 saturated heterocycles. The van der Waals surface area contributed by atoms with Crippen LogP contribution in [0.1, 0.15) is 74.1 Å². The van der Waals surface area contributed by atoms with E-state index in [0.29, 0.717) is 30.4 Å². The highest BCUT2D eigenvalue weighted by molar-refractivity contribution is 6.04. The number of nitrogens with one attached hydrogen (secondary N) is 1. The van der Waals surface area contributed by atoms with E-state index in [1.54, 1.807) is 17.1 Å². The minimum absolute atomic E-state index is 0.185. The number of hydrogen-bond acceptors (Lipinski definition) is 6. The fourth-order valence-electron chi connectivity index (χ4n) is 4.37. The summed E-state index contributed by atoms with van der Waals surface area (Å²) in [5, 5.41) is 17.1. The Labute approximate surface area is 212 Å². The predicted octanol–water partition coefficient (Wildman–Crippen LogP) is 5.04. The van der Waals surface area contributed by atoms with E-state index in [1.807, 2.05) is 64.1 Å². The number of anilines is 1. The van der Waals surface area contributed by atoms with Crippen molar-refractivity contribution in [2.75, 3.05) is 18.5 Å². The van der Waals surface area contributed by atoms with Gasteiger partial charge in [0.05, 0.1) is 53.3 Å². The monoisotopic (exact) mass is 492 g/mol.